The molecule has 5 heteroatoms. The third-order valence-corrected chi connectivity index (χ3v) is 5.27. The number of aromatic nitrogens is 3. The van der Waals surface area contributed by atoms with Crippen LogP contribution in [0.15, 0.2) is 12.5 Å². The van der Waals surface area contributed by atoms with Crippen LogP contribution < -0.4 is 11.1 Å². The van der Waals surface area contributed by atoms with Crippen molar-refractivity contribution in [2.24, 2.45) is 11.8 Å². The van der Waals surface area contributed by atoms with Crippen LogP contribution in [0.4, 0.5) is 5.82 Å². The van der Waals surface area contributed by atoms with Gasteiger partial charge in [-0.2, -0.15) is 0 Å². The van der Waals surface area contributed by atoms with Crippen LogP contribution in [0.25, 0.3) is 11.0 Å². The van der Waals surface area contributed by atoms with Gasteiger partial charge in [0.2, 0.25) is 0 Å². The molecule has 2 atom stereocenters. The first kappa shape index (κ1) is 13.1. The van der Waals surface area contributed by atoms with Crippen molar-refractivity contribution in [3.63, 3.8) is 0 Å². The molecule has 2 aromatic rings. The first-order chi connectivity index (χ1) is 10.2. The highest BCUT2D eigenvalue weighted by Crippen LogP contribution is 2.40. The molecule has 0 amide bonds. The summed E-state index contributed by atoms with van der Waals surface area (Å²) in [5, 5.41) is 4.41. The molecular weight excluding hydrogens is 262 g/mol. The highest BCUT2D eigenvalue weighted by atomic mass is 15.1. The van der Waals surface area contributed by atoms with Crippen LogP contribution in [0.3, 0.4) is 0 Å². The van der Waals surface area contributed by atoms with Crippen molar-refractivity contribution in [1.29, 1.82) is 0 Å². The number of nitrogens with two attached hydrogens (primary N) is 1. The van der Waals surface area contributed by atoms with E-state index in [1.165, 1.54) is 44.3 Å². The van der Waals surface area contributed by atoms with Crippen molar-refractivity contribution in [3.05, 3.63) is 18.1 Å². The monoisotopic (exact) mass is 285 g/mol. The van der Waals surface area contributed by atoms with Gasteiger partial charge in [0.15, 0.2) is 0 Å². The largest absolute Gasteiger partial charge is 0.383 e. The van der Waals surface area contributed by atoms with Gasteiger partial charge in [0.05, 0.1) is 5.39 Å². The third-order valence-electron chi connectivity index (χ3n) is 5.27. The van der Waals surface area contributed by atoms with Crippen molar-refractivity contribution in [2.75, 3.05) is 18.8 Å². The summed E-state index contributed by atoms with van der Waals surface area (Å²) in [6.45, 7) is 4.54. The average Bonchev–Trinajstić information content (AvgIpc) is 3.00. The number of fused-ring (bicyclic) bond motifs is 1. The number of hydrogen-bond acceptors (Lipinski definition) is 4. The van der Waals surface area contributed by atoms with E-state index in [1.807, 2.05) is 0 Å². The van der Waals surface area contributed by atoms with Crippen molar-refractivity contribution >= 4 is 16.9 Å². The lowest BCUT2D eigenvalue weighted by Crippen LogP contribution is -2.42. The summed E-state index contributed by atoms with van der Waals surface area (Å²) in [7, 11) is 0. The summed E-state index contributed by atoms with van der Waals surface area (Å²) < 4.78 is 2.35. The van der Waals surface area contributed by atoms with E-state index in [4.69, 9.17) is 5.73 Å². The van der Waals surface area contributed by atoms with Gasteiger partial charge in [-0.05, 0) is 63.1 Å². The van der Waals surface area contributed by atoms with Gasteiger partial charge in [0.25, 0.3) is 0 Å². The minimum absolute atomic E-state index is 0.577. The van der Waals surface area contributed by atoms with Gasteiger partial charge < -0.3 is 15.6 Å². The molecule has 112 valence electrons. The summed E-state index contributed by atoms with van der Waals surface area (Å²) in [6.07, 6.45) is 9.08. The minimum atomic E-state index is 0.577. The Balaban J connectivity index is 1.58. The molecule has 1 saturated heterocycles. The van der Waals surface area contributed by atoms with Crippen LogP contribution in [0.1, 0.15) is 37.3 Å². The Labute approximate surface area is 124 Å². The standard InChI is InChI=1S/C16H23N5/c1-10-8-21(16-14(10)15(17)19-9-20-16)13-3-2-11(5-13)4-12-6-18-7-12/h8-9,11-13,18H,2-7H2,1H3,(H2,17,19,20). The fourth-order valence-electron chi connectivity index (χ4n) is 4.08. The molecular formula is C16H23N5. The molecule has 0 aromatic carbocycles. The summed E-state index contributed by atoms with van der Waals surface area (Å²) in [5.74, 6) is 2.39. The molecule has 0 radical (unpaired) electrons. The molecule has 1 aliphatic heterocycles. The highest BCUT2D eigenvalue weighted by Gasteiger charge is 2.30. The topological polar surface area (TPSA) is 68.8 Å². The first-order valence-corrected chi connectivity index (χ1v) is 8.00. The Hall–Kier alpha value is -1.62. The molecule has 0 bridgehead atoms. The van der Waals surface area contributed by atoms with Gasteiger partial charge in [-0.3, -0.25) is 0 Å². The number of nitrogens with zero attached hydrogens (tertiary/aromatic N) is 3. The minimum Gasteiger partial charge on any atom is -0.383 e. The van der Waals surface area contributed by atoms with Crippen LogP contribution in [0, 0.1) is 18.8 Å². The van der Waals surface area contributed by atoms with Gasteiger partial charge >= 0.3 is 0 Å². The van der Waals surface area contributed by atoms with Gasteiger partial charge in [-0.25, -0.2) is 9.97 Å². The molecule has 0 spiro atoms. The molecule has 21 heavy (non-hydrogen) atoms. The first-order valence-electron chi connectivity index (χ1n) is 8.00. The zero-order valence-electron chi connectivity index (χ0n) is 12.5. The SMILES string of the molecule is Cc1cn(C2CCC(CC3CNC3)C2)c2ncnc(N)c12. The Morgan fingerprint density at radius 2 is 2.14 bits per heavy atom. The van der Waals surface area contributed by atoms with Crippen molar-refractivity contribution in [1.82, 2.24) is 19.9 Å². The second-order valence-electron chi connectivity index (χ2n) is 6.77. The van der Waals surface area contributed by atoms with Gasteiger partial charge in [-0.15, -0.1) is 0 Å². The molecule has 2 unspecified atom stereocenters. The van der Waals surface area contributed by atoms with E-state index in [2.05, 4.69) is 33.0 Å². The highest BCUT2D eigenvalue weighted by molar-refractivity contribution is 5.89. The van der Waals surface area contributed by atoms with Gasteiger partial charge in [-0.1, -0.05) is 0 Å². The lowest BCUT2D eigenvalue weighted by molar-refractivity contribution is 0.273. The van der Waals surface area contributed by atoms with Crippen LogP contribution >= 0.6 is 0 Å². The predicted molar refractivity (Wildman–Crippen MR) is 84.0 cm³/mol. The molecule has 2 aliphatic rings. The number of anilines is 1. The van der Waals surface area contributed by atoms with E-state index in [9.17, 15) is 0 Å². The van der Waals surface area contributed by atoms with Gasteiger partial charge in [0.1, 0.15) is 17.8 Å². The number of rotatable bonds is 3. The predicted octanol–water partition coefficient (Wildman–Crippen LogP) is 2.27. The second kappa shape index (κ2) is 4.98. The lowest BCUT2D eigenvalue weighted by Gasteiger charge is -2.29. The van der Waals surface area contributed by atoms with E-state index in [0.29, 0.717) is 11.9 Å². The smallest absolute Gasteiger partial charge is 0.145 e. The summed E-state index contributed by atoms with van der Waals surface area (Å²) in [6, 6.07) is 0.577. The molecule has 2 fully saturated rings. The van der Waals surface area contributed by atoms with E-state index < -0.39 is 0 Å². The van der Waals surface area contributed by atoms with Crippen molar-refractivity contribution in [3.8, 4) is 0 Å². The van der Waals surface area contributed by atoms with Gasteiger partial charge in [0, 0.05) is 12.2 Å². The van der Waals surface area contributed by atoms with E-state index >= 15 is 0 Å². The Kier molecular flexibility index (Phi) is 3.10. The number of nitrogens with one attached hydrogen (secondary N) is 1. The Bertz CT molecular complexity index is 658. The molecule has 4 rings (SSSR count). The van der Waals surface area contributed by atoms with Crippen molar-refractivity contribution < 1.29 is 0 Å². The molecule has 2 aromatic heterocycles. The van der Waals surface area contributed by atoms with Crippen LogP contribution in [0.5, 0.6) is 0 Å². The summed E-state index contributed by atoms with van der Waals surface area (Å²) in [5.41, 5.74) is 8.22. The zero-order valence-corrected chi connectivity index (χ0v) is 12.5. The molecule has 1 aliphatic carbocycles. The molecule has 3 heterocycles. The quantitative estimate of drug-likeness (QED) is 0.907. The van der Waals surface area contributed by atoms with E-state index in [1.54, 1.807) is 6.33 Å². The number of nitrogen functional groups attached to an aromatic ring is 1. The maximum absolute atomic E-state index is 6.02. The van der Waals surface area contributed by atoms with E-state index in [-0.39, 0.29) is 0 Å². The maximum atomic E-state index is 6.02. The van der Waals surface area contributed by atoms with E-state index in [0.717, 1.165) is 22.9 Å². The Morgan fingerprint density at radius 3 is 2.90 bits per heavy atom. The second-order valence-corrected chi connectivity index (χ2v) is 6.77. The Morgan fingerprint density at radius 1 is 1.29 bits per heavy atom. The normalized spacial score (nSPS) is 26.3. The van der Waals surface area contributed by atoms with Crippen molar-refractivity contribution in [2.45, 2.75) is 38.6 Å². The fraction of sp³-hybridized carbons (Fsp3) is 0.625. The maximum Gasteiger partial charge on any atom is 0.145 e. The zero-order chi connectivity index (χ0) is 14.4. The molecule has 1 saturated carbocycles. The van der Waals surface area contributed by atoms with Crippen LogP contribution in [-0.4, -0.2) is 27.6 Å². The third kappa shape index (κ3) is 2.20. The fourth-order valence-corrected chi connectivity index (χ4v) is 4.08. The number of hydrogen-bond donors (Lipinski definition) is 2. The summed E-state index contributed by atoms with van der Waals surface area (Å²) in [4.78, 5) is 8.61. The van der Waals surface area contributed by atoms with Crippen LogP contribution in [-0.2, 0) is 0 Å². The molecule has 3 N–H and O–H groups in total. The average molecular weight is 285 g/mol. The summed E-state index contributed by atoms with van der Waals surface area (Å²) >= 11 is 0. The number of aryl methyl sites for hydroxylation is 1. The molecule has 5 nitrogen and oxygen atoms in total. The lowest BCUT2D eigenvalue weighted by atomic mass is 9.89. The van der Waals surface area contributed by atoms with Crippen LogP contribution in [0.2, 0.25) is 0 Å².